The first-order valence-electron chi connectivity index (χ1n) is 8.64. The lowest BCUT2D eigenvalue weighted by Gasteiger charge is -2.10. The number of hydrogen-bond donors (Lipinski definition) is 2. The number of amides is 2. The Labute approximate surface area is 169 Å². The van der Waals surface area contributed by atoms with Crippen LogP contribution in [0.1, 0.15) is 37.0 Å². The van der Waals surface area contributed by atoms with Crippen molar-refractivity contribution in [1.29, 1.82) is 0 Å². The van der Waals surface area contributed by atoms with Gasteiger partial charge in [0, 0.05) is 28.7 Å². The number of hydrogen-bond acceptors (Lipinski definition) is 3. The Morgan fingerprint density at radius 1 is 1.07 bits per heavy atom. The van der Waals surface area contributed by atoms with Gasteiger partial charge in [-0.25, -0.2) is 0 Å². The van der Waals surface area contributed by atoms with Gasteiger partial charge in [0.25, 0.3) is 5.91 Å². The number of rotatable bonds is 8. The van der Waals surface area contributed by atoms with E-state index in [2.05, 4.69) is 10.6 Å². The summed E-state index contributed by atoms with van der Waals surface area (Å²) in [5.74, 6) is 0.276. The van der Waals surface area contributed by atoms with E-state index in [1.54, 1.807) is 42.5 Å². The van der Waals surface area contributed by atoms with Gasteiger partial charge in [-0.1, -0.05) is 23.2 Å². The van der Waals surface area contributed by atoms with Gasteiger partial charge >= 0.3 is 0 Å². The molecule has 2 N–H and O–H groups in total. The summed E-state index contributed by atoms with van der Waals surface area (Å²) >= 11 is 11.9. The fraction of sp³-hybridized carbons (Fsp3) is 0.300. The molecule has 2 aromatic carbocycles. The average Bonchev–Trinajstić information content (AvgIpc) is 2.60. The quantitative estimate of drug-likeness (QED) is 0.608. The fourth-order valence-corrected chi connectivity index (χ4v) is 2.74. The molecule has 0 saturated carbocycles. The second-order valence-electron chi connectivity index (χ2n) is 6.28. The highest BCUT2D eigenvalue weighted by molar-refractivity contribution is 6.35. The molecule has 2 rings (SSSR count). The van der Waals surface area contributed by atoms with Crippen molar-refractivity contribution in [3.05, 3.63) is 58.1 Å². The molecule has 0 aliphatic carbocycles. The SMILES string of the molecule is CC(C)NC(=O)c1ccc(NC(=O)CCCOc2ccc(Cl)cc2Cl)cc1. The molecule has 2 amide bonds. The molecule has 2 aromatic rings. The van der Waals surface area contributed by atoms with E-state index in [1.165, 1.54) is 0 Å². The fourth-order valence-electron chi connectivity index (χ4n) is 2.28. The first-order chi connectivity index (χ1) is 12.8. The van der Waals surface area contributed by atoms with E-state index in [-0.39, 0.29) is 17.9 Å². The molecule has 0 radical (unpaired) electrons. The minimum absolute atomic E-state index is 0.0712. The third-order valence-electron chi connectivity index (χ3n) is 3.55. The summed E-state index contributed by atoms with van der Waals surface area (Å²) < 4.78 is 5.55. The van der Waals surface area contributed by atoms with Gasteiger partial charge in [0.2, 0.25) is 5.91 Å². The third-order valence-corrected chi connectivity index (χ3v) is 4.08. The summed E-state index contributed by atoms with van der Waals surface area (Å²) in [6.45, 7) is 4.16. The van der Waals surface area contributed by atoms with E-state index in [0.29, 0.717) is 46.5 Å². The average molecular weight is 409 g/mol. The Morgan fingerprint density at radius 2 is 1.78 bits per heavy atom. The first kappa shape index (κ1) is 21.1. The summed E-state index contributed by atoms with van der Waals surface area (Å²) in [5.41, 5.74) is 1.19. The van der Waals surface area contributed by atoms with E-state index >= 15 is 0 Å². The Morgan fingerprint density at radius 3 is 2.41 bits per heavy atom. The van der Waals surface area contributed by atoms with Crippen molar-refractivity contribution in [3.63, 3.8) is 0 Å². The predicted molar refractivity (Wildman–Crippen MR) is 109 cm³/mol. The largest absolute Gasteiger partial charge is 0.492 e. The normalized spacial score (nSPS) is 10.6. The van der Waals surface area contributed by atoms with E-state index in [0.717, 1.165) is 0 Å². The molecule has 0 saturated heterocycles. The van der Waals surface area contributed by atoms with Crippen molar-refractivity contribution in [2.75, 3.05) is 11.9 Å². The summed E-state index contributed by atoms with van der Waals surface area (Å²) in [5, 5.41) is 6.59. The smallest absolute Gasteiger partial charge is 0.251 e. The van der Waals surface area contributed by atoms with Crippen LogP contribution in [-0.4, -0.2) is 24.5 Å². The molecule has 0 heterocycles. The van der Waals surface area contributed by atoms with Crippen LogP contribution in [0.4, 0.5) is 5.69 Å². The zero-order chi connectivity index (χ0) is 19.8. The van der Waals surface area contributed by atoms with Crippen LogP contribution in [0.5, 0.6) is 5.75 Å². The van der Waals surface area contributed by atoms with Crippen molar-refractivity contribution in [2.24, 2.45) is 0 Å². The van der Waals surface area contributed by atoms with Gasteiger partial charge in [-0.3, -0.25) is 9.59 Å². The molecule has 7 heteroatoms. The second kappa shape index (κ2) is 10.2. The van der Waals surface area contributed by atoms with Gasteiger partial charge in [-0.15, -0.1) is 0 Å². The predicted octanol–water partition coefficient (Wildman–Crippen LogP) is 4.93. The van der Waals surface area contributed by atoms with E-state index in [4.69, 9.17) is 27.9 Å². The summed E-state index contributed by atoms with van der Waals surface area (Å²) in [6, 6.07) is 11.8. The minimum Gasteiger partial charge on any atom is -0.492 e. The molecule has 144 valence electrons. The minimum atomic E-state index is -0.138. The van der Waals surface area contributed by atoms with Crippen LogP contribution in [0.25, 0.3) is 0 Å². The molecular weight excluding hydrogens is 387 g/mol. The van der Waals surface area contributed by atoms with Crippen LogP contribution in [0.3, 0.4) is 0 Å². The number of anilines is 1. The molecule has 0 unspecified atom stereocenters. The maximum absolute atomic E-state index is 12.0. The Bertz CT molecular complexity index is 792. The van der Waals surface area contributed by atoms with Crippen LogP contribution in [0, 0.1) is 0 Å². The van der Waals surface area contributed by atoms with Crippen molar-refractivity contribution < 1.29 is 14.3 Å². The number of nitrogens with one attached hydrogen (secondary N) is 2. The Balaban J connectivity index is 1.74. The lowest BCUT2D eigenvalue weighted by atomic mass is 10.2. The molecule has 0 aliphatic heterocycles. The number of carbonyl (C=O) groups is 2. The molecule has 0 spiro atoms. The van der Waals surface area contributed by atoms with E-state index in [9.17, 15) is 9.59 Å². The van der Waals surface area contributed by atoms with Crippen LogP contribution >= 0.6 is 23.2 Å². The maximum Gasteiger partial charge on any atom is 0.251 e. The number of benzene rings is 2. The monoisotopic (exact) mass is 408 g/mol. The van der Waals surface area contributed by atoms with Gasteiger partial charge < -0.3 is 15.4 Å². The Kier molecular flexibility index (Phi) is 7.95. The van der Waals surface area contributed by atoms with Gasteiger partial charge in [0.15, 0.2) is 0 Å². The van der Waals surface area contributed by atoms with Crippen LogP contribution in [0.2, 0.25) is 10.0 Å². The number of halogens is 2. The molecular formula is C20H22Cl2N2O3. The molecule has 27 heavy (non-hydrogen) atoms. The molecule has 0 aliphatic rings. The lowest BCUT2D eigenvalue weighted by Crippen LogP contribution is -2.30. The van der Waals surface area contributed by atoms with Gasteiger partial charge in [-0.2, -0.15) is 0 Å². The zero-order valence-corrected chi connectivity index (χ0v) is 16.7. The lowest BCUT2D eigenvalue weighted by molar-refractivity contribution is -0.116. The van der Waals surface area contributed by atoms with Crippen LogP contribution in [0.15, 0.2) is 42.5 Å². The molecule has 0 fully saturated rings. The van der Waals surface area contributed by atoms with Crippen molar-refractivity contribution in [3.8, 4) is 5.75 Å². The highest BCUT2D eigenvalue weighted by Gasteiger charge is 2.08. The van der Waals surface area contributed by atoms with Crippen LogP contribution < -0.4 is 15.4 Å². The maximum atomic E-state index is 12.0. The summed E-state index contributed by atoms with van der Waals surface area (Å²) in [4.78, 5) is 23.9. The van der Waals surface area contributed by atoms with Crippen molar-refractivity contribution in [1.82, 2.24) is 5.32 Å². The topological polar surface area (TPSA) is 67.4 Å². The van der Waals surface area contributed by atoms with Gasteiger partial charge in [0.1, 0.15) is 5.75 Å². The van der Waals surface area contributed by atoms with Crippen molar-refractivity contribution in [2.45, 2.75) is 32.7 Å². The third kappa shape index (κ3) is 7.12. The van der Waals surface area contributed by atoms with E-state index in [1.807, 2.05) is 13.8 Å². The Hall–Kier alpha value is -2.24. The standard InChI is InChI=1S/C20H22Cl2N2O3/c1-13(2)23-20(26)14-5-8-16(9-6-14)24-19(25)4-3-11-27-18-10-7-15(21)12-17(18)22/h5-10,12-13H,3-4,11H2,1-2H3,(H,23,26)(H,24,25). The highest BCUT2D eigenvalue weighted by atomic mass is 35.5. The summed E-state index contributed by atoms with van der Waals surface area (Å²) in [7, 11) is 0. The second-order valence-corrected chi connectivity index (χ2v) is 7.12. The molecule has 0 bridgehead atoms. The molecule has 0 aromatic heterocycles. The zero-order valence-electron chi connectivity index (χ0n) is 15.2. The molecule has 0 atom stereocenters. The molecule has 5 nitrogen and oxygen atoms in total. The number of carbonyl (C=O) groups excluding carboxylic acids is 2. The first-order valence-corrected chi connectivity index (χ1v) is 9.39. The highest BCUT2D eigenvalue weighted by Crippen LogP contribution is 2.27. The van der Waals surface area contributed by atoms with Crippen molar-refractivity contribution >= 4 is 40.7 Å². The number of ether oxygens (including phenoxy) is 1. The van der Waals surface area contributed by atoms with Crippen LogP contribution in [-0.2, 0) is 4.79 Å². The van der Waals surface area contributed by atoms with Gasteiger partial charge in [0.05, 0.1) is 11.6 Å². The van der Waals surface area contributed by atoms with E-state index < -0.39 is 0 Å². The summed E-state index contributed by atoms with van der Waals surface area (Å²) in [6.07, 6.45) is 0.848. The van der Waals surface area contributed by atoms with Gasteiger partial charge in [-0.05, 0) is 62.7 Å².